The summed E-state index contributed by atoms with van der Waals surface area (Å²) in [5.41, 5.74) is 5.12. The van der Waals surface area contributed by atoms with Gasteiger partial charge in [-0.2, -0.15) is 0 Å². The Balaban J connectivity index is 2.18. The normalized spacial score (nSPS) is 10.3. The molecule has 0 fully saturated rings. The SMILES string of the molecule is COc1cc(C)c(NCc2scnc2C)cc1OC. The van der Waals surface area contributed by atoms with Crippen LogP contribution in [0, 0.1) is 13.8 Å². The molecular formula is C14H18N2O2S. The molecule has 19 heavy (non-hydrogen) atoms. The highest BCUT2D eigenvalue weighted by molar-refractivity contribution is 7.09. The molecule has 0 aliphatic heterocycles. The van der Waals surface area contributed by atoms with Crippen molar-refractivity contribution in [1.82, 2.24) is 4.98 Å². The average Bonchev–Trinajstić information content (AvgIpc) is 2.82. The fraction of sp³-hybridized carbons (Fsp3) is 0.357. The molecule has 1 heterocycles. The van der Waals surface area contributed by atoms with Gasteiger partial charge in [0.05, 0.1) is 32.0 Å². The number of nitrogens with one attached hydrogen (secondary N) is 1. The van der Waals surface area contributed by atoms with E-state index in [9.17, 15) is 0 Å². The molecule has 1 aromatic heterocycles. The van der Waals surface area contributed by atoms with Crippen LogP contribution >= 0.6 is 11.3 Å². The molecule has 0 saturated carbocycles. The van der Waals surface area contributed by atoms with Gasteiger partial charge in [0, 0.05) is 16.6 Å². The Kier molecular flexibility index (Phi) is 4.27. The average molecular weight is 278 g/mol. The van der Waals surface area contributed by atoms with Crippen LogP contribution in [-0.4, -0.2) is 19.2 Å². The van der Waals surface area contributed by atoms with Crippen LogP contribution < -0.4 is 14.8 Å². The number of aromatic nitrogens is 1. The first-order chi connectivity index (χ1) is 9.15. The predicted octanol–water partition coefficient (Wildman–Crippen LogP) is 3.39. The maximum absolute atomic E-state index is 5.32. The minimum absolute atomic E-state index is 0.733. The van der Waals surface area contributed by atoms with Gasteiger partial charge in [-0.05, 0) is 25.5 Å². The van der Waals surface area contributed by atoms with Crippen LogP contribution in [0.2, 0.25) is 0 Å². The third kappa shape index (κ3) is 2.98. The van der Waals surface area contributed by atoms with Gasteiger partial charge in [-0.25, -0.2) is 4.98 Å². The molecule has 0 amide bonds. The lowest BCUT2D eigenvalue weighted by atomic mass is 10.1. The molecule has 5 heteroatoms. The van der Waals surface area contributed by atoms with Gasteiger partial charge in [0.15, 0.2) is 11.5 Å². The summed E-state index contributed by atoms with van der Waals surface area (Å²) in [6.07, 6.45) is 0. The van der Waals surface area contributed by atoms with Gasteiger partial charge in [-0.15, -0.1) is 11.3 Å². The Hall–Kier alpha value is -1.75. The first-order valence-electron chi connectivity index (χ1n) is 6.01. The van der Waals surface area contributed by atoms with Crippen LogP contribution in [-0.2, 0) is 6.54 Å². The van der Waals surface area contributed by atoms with Crippen molar-refractivity contribution in [3.05, 3.63) is 33.8 Å². The maximum Gasteiger partial charge on any atom is 0.162 e. The van der Waals surface area contributed by atoms with E-state index < -0.39 is 0 Å². The molecule has 0 saturated heterocycles. The zero-order chi connectivity index (χ0) is 13.8. The summed E-state index contributed by atoms with van der Waals surface area (Å²) in [6.45, 7) is 4.84. The van der Waals surface area contributed by atoms with Crippen LogP contribution in [0.1, 0.15) is 16.1 Å². The quantitative estimate of drug-likeness (QED) is 0.910. The molecule has 0 unspecified atom stereocenters. The van der Waals surface area contributed by atoms with Crippen LogP contribution in [0.15, 0.2) is 17.6 Å². The number of benzene rings is 1. The van der Waals surface area contributed by atoms with Crippen molar-refractivity contribution in [2.45, 2.75) is 20.4 Å². The first-order valence-corrected chi connectivity index (χ1v) is 6.89. The van der Waals surface area contributed by atoms with E-state index in [0.29, 0.717) is 0 Å². The fourth-order valence-electron chi connectivity index (χ4n) is 1.84. The minimum Gasteiger partial charge on any atom is -0.493 e. The van der Waals surface area contributed by atoms with E-state index in [2.05, 4.69) is 10.3 Å². The second-order valence-electron chi connectivity index (χ2n) is 4.24. The Bertz CT molecular complexity index is 567. The van der Waals surface area contributed by atoms with E-state index >= 15 is 0 Å². The fourth-order valence-corrected chi connectivity index (χ4v) is 2.56. The number of aryl methyl sites for hydroxylation is 2. The highest BCUT2D eigenvalue weighted by atomic mass is 32.1. The van der Waals surface area contributed by atoms with Gasteiger partial charge >= 0.3 is 0 Å². The summed E-state index contributed by atoms with van der Waals surface area (Å²) in [5, 5.41) is 3.42. The molecule has 1 N–H and O–H groups in total. The molecule has 0 spiro atoms. The van der Waals surface area contributed by atoms with Gasteiger partial charge in [-0.3, -0.25) is 0 Å². The highest BCUT2D eigenvalue weighted by Gasteiger charge is 2.09. The minimum atomic E-state index is 0.733. The number of thiazole rings is 1. The number of methoxy groups -OCH3 is 2. The van der Waals surface area contributed by atoms with E-state index in [1.165, 1.54) is 4.88 Å². The van der Waals surface area contributed by atoms with Gasteiger partial charge in [0.2, 0.25) is 0 Å². The van der Waals surface area contributed by atoms with E-state index in [0.717, 1.165) is 35.0 Å². The molecule has 4 nitrogen and oxygen atoms in total. The lowest BCUT2D eigenvalue weighted by molar-refractivity contribution is 0.355. The molecule has 1 aromatic carbocycles. The number of ether oxygens (including phenoxy) is 2. The molecule has 0 atom stereocenters. The summed E-state index contributed by atoms with van der Waals surface area (Å²) >= 11 is 1.66. The van der Waals surface area contributed by atoms with Gasteiger partial charge in [0.1, 0.15) is 0 Å². The van der Waals surface area contributed by atoms with Crippen molar-refractivity contribution < 1.29 is 9.47 Å². The molecule has 2 aromatic rings. The largest absolute Gasteiger partial charge is 0.493 e. The van der Waals surface area contributed by atoms with Gasteiger partial charge < -0.3 is 14.8 Å². The van der Waals surface area contributed by atoms with Gasteiger partial charge in [0.25, 0.3) is 0 Å². The Morgan fingerprint density at radius 1 is 1.16 bits per heavy atom. The Morgan fingerprint density at radius 3 is 2.42 bits per heavy atom. The lowest BCUT2D eigenvalue weighted by Crippen LogP contribution is -2.02. The molecule has 2 rings (SSSR count). The van der Waals surface area contributed by atoms with Crippen molar-refractivity contribution >= 4 is 17.0 Å². The number of nitrogens with zero attached hydrogens (tertiary/aromatic N) is 1. The summed E-state index contributed by atoms with van der Waals surface area (Å²) in [5.74, 6) is 1.48. The molecular weight excluding hydrogens is 260 g/mol. The molecule has 0 aliphatic carbocycles. The standard InChI is InChI=1S/C14H18N2O2S/c1-9-5-12(17-3)13(18-4)6-11(9)15-7-14-10(2)16-8-19-14/h5-6,8,15H,7H2,1-4H3. The Morgan fingerprint density at radius 2 is 1.84 bits per heavy atom. The topological polar surface area (TPSA) is 43.4 Å². The third-order valence-electron chi connectivity index (χ3n) is 3.01. The maximum atomic E-state index is 5.32. The summed E-state index contributed by atoms with van der Waals surface area (Å²) in [7, 11) is 3.29. The first kappa shape index (κ1) is 13.7. The number of rotatable bonds is 5. The molecule has 102 valence electrons. The summed E-state index contributed by atoms with van der Waals surface area (Å²) in [4.78, 5) is 5.49. The lowest BCUT2D eigenvalue weighted by Gasteiger charge is -2.14. The van der Waals surface area contributed by atoms with Crippen molar-refractivity contribution in [2.75, 3.05) is 19.5 Å². The van der Waals surface area contributed by atoms with E-state index in [4.69, 9.17) is 9.47 Å². The predicted molar refractivity (Wildman–Crippen MR) is 78.5 cm³/mol. The number of hydrogen-bond acceptors (Lipinski definition) is 5. The zero-order valence-corrected chi connectivity index (χ0v) is 12.4. The van der Waals surface area contributed by atoms with Crippen LogP contribution in [0.4, 0.5) is 5.69 Å². The monoisotopic (exact) mass is 278 g/mol. The number of anilines is 1. The van der Waals surface area contributed by atoms with Crippen LogP contribution in [0.3, 0.4) is 0 Å². The van der Waals surface area contributed by atoms with Crippen molar-refractivity contribution in [1.29, 1.82) is 0 Å². The van der Waals surface area contributed by atoms with E-state index in [1.54, 1.807) is 25.6 Å². The van der Waals surface area contributed by atoms with Crippen LogP contribution in [0.25, 0.3) is 0 Å². The summed E-state index contributed by atoms with van der Waals surface area (Å²) < 4.78 is 10.6. The summed E-state index contributed by atoms with van der Waals surface area (Å²) in [6, 6.07) is 3.94. The third-order valence-corrected chi connectivity index (χ3v) is 3.95. The van der Waals surface area contributed by atoms with E-state index in [-0.39, 0.29) is 0 Å². The van der Waals surface area contributed by atoms with Gasteiger partial charge in [-0.1, -0.05) is 0 Å². The van der Waals surface area contributed by atoms with E-state index in [1.807, 2.05) is 31.5 Å². The zero-order valence-electron chi connectivity index (χ0n) is 11.6. The highest BCUT2D eigenvalue weighted by Crippen LogP contribution is 2.33. The van der Waals surface area contributed by atoms with Crippen molar-refractivity contribution in [2.24, 2.45) is 0 Å². The molecule has 0 aliphatic rings. The molecule has 0 bridgehead atoms. The Labute approximate surface area is 117 Å². The second kappa shape index (κ2) is 5.93. The number of hydrogen-bond donors (Lipinski definition) is 1. The van der Waals surface area contributed by atoms with Crippen LogP contribution in [0.5, 0.6) is 11.5 Å². The second-order valence-corrected chi connectivity index (χ2v) is 5.18. The van der Waals surface area contributed by atoms with Crippen molar-refractivity contribution in [3.8, 4) is 11.5 Å². The smallest absolute Gasteiger partial charge is 0.162 e. The van der Waals surface area contributed by atoms with Crippen molar-refractivity contribution in [3.63, 3.8) is 0 Å². The molecule has 0 radical (unpaired) electrons.